The van der Waals surface area contributed by atoms with Crippen molar-refractivity contribution in [3.05, 3.63) is 33.8 Å². The first-order valence-corrected chi connectivity index (χ1v) is 6.13. The van der Waals surface area contributed by atoms with Gasteiger partial charge in [0.05, 0.1) is 18.1 Å². The van der Waals surface area contributed by atoms with Crippen molar-refractivity contribution in [1.29, 1.82) is 5.26 Å². The number of nitrogens with zero attached hydrogens (tertiary/aromatic N) is 1. The highest BCUT2D eigenvalue weighted by atomic mass is 79.9. The van der Waals surface area contributed by atoms with E-state index in [1.807, 2.05) is 6.92 Å². The zero-order chi connectivity index (χ0) is 13.5. The summed E-state index contributed by atoms with van der Waals surface area (Å²) in [7, 11) is 0. The Morgan fingerprint density at radius 2 is 2.33 bits per heavy atom. The van der Waals surface area contributed by atoms with Crippen LogP contribution in [0.15, 0.2) is 28.2 Å². The third-order valence-electron chi connectivity index (χ3n) is 2.07. The minimum Gasteiger partial charge on any atom is -0.544 e. The molecule has 0 bridgehead atoms. The molecular formula is C13H11BrNO3-. The average Bonchev–Trinajstić information content (AvgIpc) is 2.34. The molecule has 0 heterocycles. The van der Waals surface area contributed by atoms with Crippen LogP contribution in [0.5, 0.6) is 5.75 Å². The Bertz CT molecular complexity index is 517. The smallest absolute Gasteiger partial charge is 0.126 e. The standard InChI is InChI=1S/C13H12BrNO3/c1-2-5-18-12-4-3-11(14)7-9(12)6-10(8-15)13(16)17/h3-4,6-7H,2,5H2,1H3,(H,16,17)/p-1/b10-6+. The Morgan fingerprint density at radius 1 is 1.61 bits per heavy atom. The molecule has 0 atom stereocenters. The van der Waals surface area contributed by atoms with Gasteiger partial charge in [-0.3, -0.25) is 0 Å². The molecule has 0 aromatic heterocycles. The maximum Gasteiger partial charge on any atom is 0.126 e. The average molecular weight is 309 g/mol. The molecule has 0 amide bonds. The lowest BCUT2D eigenvalue weighted by Crippen LogP contribution is -2.23. The molecular weight excluding hydrogens is 298 g/mol. The van der Waals surface area contributed by atoms with Crippen molar-refractivity contribution >= 4 is 28.0 Å². The molecule has 0 fully saturated rings. The van der Waals surface area contributed by atoms with Crippen LogP contribution in [0.4, 0.5) is 0 Å². The van der Waals surface area contributed by atoms with Gasteiger partial charge in [0.1, 0.15) is 11.8 Å². The molecule has 0 N–H and O–H groups in total. The predicted molar refractivity (Wildman–Crippen MR) is 68.5 cm³/mol. The van der Waals surface area contributed by atoms with E-state index in [4.69, 9.17) is 10.00 Å². The van der Waals surface area contributed by atoms with Gasteiger partial charge in [-0.15, -0.1) is 0 Å². The second-order valence-electron chi connectivity index (χ2n) is 3.49. The minimum atomic E-state index is -1.50. The van der Waals surface area contributed by atoms with Gasteiger partial charge in [-0.05, 0) is 30.7 Å². The number of aliphatic carboxylic acids is 1. The summed E-state index contributed by atoms with van der Waals surface area (Å²) in [5.41, 5.74) is 0.0908. The number of hydrogen-bond donors (Lipinski definition) is 0. The first-order chi connectivity index (χ1) is 8.58. The molecule has 1 rings (SSSR count). The van der Waals surface area contributed by atoms with Crippen molar-refractivity contribution in [2.75, 3.05) is 6.61 Å². The number of carboxylic acids is 1. The highest BCUT2D eigenvalue weighted by molar-refractivity contribution is 9.10. The van der Waals surface area contributed by atoms with Crippen molar-refractivity contribution < 1.29 is 14.6 Å². The van der Waals surface area contributed by atoms with Crippen LogP contribution in [-0.2, 0) is 4.79 Å². The number of carboxylic acid groups (broad SMARTS) is 1. The lowest BCUT2D eigenvalue weighted by molar-refractivity contribution is -0.298. The lowest BCUT2D eigenvalue weighted by Gasteiger charge is -2.09. The summed E-state index contributed by atoms with van der Waals surface area (Å²) in [6.45, 7) is 2.49. The van der Waals surface area contributed by atoms with Gasteiger partial charge in [-0.1, -0.05) is 22.9 Å². The Hall–Kier alpha value is -1.80. The molecule has 94 valence electrons. The maximum absolute atomic E-state index is 10.7. The number of benzene rings is 1. The molecule has 1 aromatic rings. The van der Waals surface area contributed by atoms with E-state index in [-0.39, 0.29) is 0 Å². The molecule has 4 nitrogen and oxygen atoms in total. The molecule has 0 aliphatic rings. The van der Waals surface area contributed by atoms with Crippen LogP contribution >= 0.6 is 15.9 Å². The van der Waals surface area contributed by atoms with E-state index >= 15 is 0 Å². The Kier molecular flexibility index (Phi) is 5.40. The number of carbonyl (C=O) groups is 1. The van der Waals surface area contributed by atoms with E-state index in [0.29, 0.717) is 17.9 Å². The Morgan fingerprint density at radius 3 is 2.89 bits per heavy atom. The number of nitriles is 1. The molecule has 0 radical (unpaired) electrons. The fraction of sp³-hybridized carbons (Fsp3) is 0.231. The van der Waals surface area contributed by atoms with Gasteiger partial charge in [-0.25, -0.2) is 0 Å². The van der Waals surface area contributed by atoms with Crippen molar-refractivity contribution in [3.63, 3.8) is 0 Å². The fourth-order valence-corrected chi connectivity index (χ4v) is 1.65. The summed E-state index contributed by atoms with van der Waals surface area (Å²) >= 11 is 3.28. The van der Waals surface area contributed by atoms with Gasteiger partial charge >= 0.3 is 0 Å². The monoisotopic (exact) mass is 308 g/mol. The Balaban J connectivity index is 3.17. The molecule has 1 aromatic carbocycles. The maximum atomic E-state index is 10.7. The van der Waals surface area contributed by atoms with Crippen LogP contribution in [0.1, 0.15) is 18.9 Å². The van der Waals surface area contributed by atoms with Gasteiger partial charge in [0.15, 0.2) is 0 Å². The van der Waals surface area contributed by atoms with Gasteiger partial charge in [-0.2, -0.15) is 5.26 Å². The van der Waals surface area contributed by atoms with Crippen LogP contribution in [0.25, 0.3) is 6.08 Å². The van der Waals surface area contributed by atoms with E-state index in [9.17, 15) is 9.90 Å². The van der Waals surface area contributed by atoms with Crippen LogP contribution in [-0.4, -0.2) is 12.6 Å². The lowest BCUT2D eigenvalue weighted by atomic mass is 10.1. The molecule has 0 saturated heterocycles. The Labute approximate surface area is 114 Å². The molecule has 0 spiro atoms. The highest BCUT2D eigenvalue weighted by Crippen LogP contribution is 2.25. The van der Waals surface area contributed by atoms with E-state index in [0.717, 1.165) is 10.9 Å². The molecule has 18 heavy (non-hydrogen) atoms. The van der Waals surface area contributed by atoms with Crippen LogP contribution < -0.4 is 9.84 Å². The first-order valence-electron chi connectivity index (χ1n) is 5.34. The largest absolute Gasteiger partial charge is 0.544 e. The van der Waals surface area contributed by atoms with Gasteiger partial charge < -0.3 is 14.6 Å². The summed E-state index contributed by atoms with van der Waals surface area (Å²) in [5, 5.41) is 19.4. The zero-order valence-corrected chi connectivity index (χ0v) is 11.4. The van der Waals surface area contributed by atoms with E-state index in [1.165, 1.54) is 6.08 Å². The quantitative estimate of drug-likeness (QED) is 0.615. The topological polar surface area (TPSA) is 73.1 Å². The molecule has 0 unspecified atom stereocenters. The van der Waals surface area contributed by atoms with Crippen molar-refractivity contribution in [2.24, 2.45) is 0 Å². The van der Waals surface area contributed by atoms with Crippen LogP contribution in [0.2, 0.25) is 0 Å². The van der Waals surface area contributed by atoms with Crippen LogP contribution in [0.3, 0.4) is 0 Å². The highest BCUT2D eigenvalue weighted by Gasteiger charge is 2.05. The third kappa shape index (κ3) is 3.90. The molecule has 5 heteroatoms. The third-order valence-corrected chi connectivity index (χ3v) is 2.57. The molecule has 0 aliphatic carbocycles. The van der Waals surface area contributed by atoms with Crippen molar-refractivity contribution in [1.82, 2.24) is 0 Å². The second kappa shape index (κ2) is 6.82. The van der Waals surface area contributed by atoms with Gasteiger partial charge in [0.2, 0.25) is 0 Å². The molecule has 0 saturated carbocycles. The number of rotatable bonds is 5. The van der Waals surface area contributed by atoms with Crippen molar-refractivity contribution in [3.8, 4) is 11.8 Å². The number of halogens is 1. The summed E-state index contributed by atoms with van der Waals surface area (Å²) in [4.78, 5) is 10.7. The fourth-order valence-electron chi connectivity index (χ4n) is 1.27. The summed E-state index contributed by atoms with van der Waals surface area (Å²) < 4.78 is 6.25. The number of hydrogen-bond acceptors (Lipinski definition) is 4. The van der Waals surface area contributed by atoms with E-state index in [1.54, 1.807) is 24.3 Å². The van der Waals surface area contributed by atoms with Gasteiger partial charge in [0.25, 0.3) is 0 Å². The summed E-state index contributed by atoms with van der Waals surface area (Å²) in [6.07, 6.45) is 2.08. The second-order valence-corrected chi connectivity index (χ2v) is 4.40. The van der Waals surface area contributed by atoms with Crippen LogP contribution in [0, 0.1) is 11.3 Å². The van der Waals surface area contributed by atoms with Gasteiger partial charge in [0, 0.05) is 10.0 Å². The van der Waals surface area contributed by atoms with E-state index in [2.05, 4.69) is 15.9 Å². The summed E-state index contributed by atoms with van der Waals surface area (Å²) in [6, 6.07) is 6.77. The normalized spacial score (nSPS) is 10.8. The SMILES string of the molecule is CCCOc1ccc(Br)cc1/C=C(\C#N)C(=O)[O-]. The first kappa shape index (κ1) is 14.3. The summed E-state index contributed by atoms with van der Waals surface area (Å²) in [5.74, 6) is -0.965. The zero-order valence-electron chi connectivity index (χ0n) is 9.77. The minimum absolute atomic E-state index is 0.436. The number of ether oxygens (including phenoxy) is 1. The molecule has 0 aliphatic heterocycles. The van der Waals surface area contributed by atoms with Crippen molar-refractivity contribution in [2.45, 2.75) is 13.3 Å². The van der Waals surface area contributed by atoms with E-state index < -0.39 is 11.5 Å². The number of carbonyl (C=O) groups excluding carboxylic acids is 1. The predicted octanol–water partition coefficient (Wildman–Crippen LogP) is 1.89.